The molecule has 0 aliphatic rings. The van der Waals surface area contributed by atoms with Crippen molar-refractivity contribution in [2.24, 2.45) is 0 Å². The van der Waals surface area contributed by atoms with Gasteiger partial charge in [-0.05, 0) is 59.7 Å². The Balaban J connectivity index is 1.18. The fourth-order valence-corrected chi connectivity index (χ4v) is 9.40. The summed E-state index contributed by atoms with van der Waals surface area (Å²) < 4.78 is 14.3. The van der Waals surface area contributed by atoms with Crippen molar-refractivity contribution in [2.75, 3.05) is 0 Å². The average Bonchev–Trinajstić information content (AvgIpc) is 3.92. The third kappa shape index (κ3) is 3.79. The van der Waals surface area contributed by atoms with Gasteiger partial charge in [0.05, 0.1) is 21.3 Å². The van der Waals surface area contributed by atoms with Crippen LogP contribution in [0.2, 0.25) is 0 Å². The molecule has 0 bridgehead atoms. The normalized spacial score (nSPS) is 12.0. The molecule has 7 aromatic carbocycles. The number of furan rings is 1. The Hall–Kier alpha value is -6.36. The van der Waals surface area contributed by atoms with Gasteiger partial charge in [-0.1, -0.05) is 121 Å². The second-order valence-corrected chi connectivity index (χ2v) is 13.9. The van der Waals surface area contributed by atoms with Crippen molar-refractivity contribution < 1.29 is 4.42 Å². The number of hydrogen-bond acceptors (Lipinski definition) is 2. The van der Waals surface area contributed by atoms with Crippen LogP contribution in [0.5, 0.6) is 0 Å². The Labute approximate surface area is 291 Å². The van der Waals surface area contributed by atoms with Crippen LogP contribution in [0.25, 0.3) is 97.8 Å². The van der Waals surface area contributed by atoms with E-state index in [9.17, 15) is 0 Å². The molecule has 0 aliphatic heterocycles. The van der Waals surface area contributed by atoms with Crippen LogP contribution in [-0.4, -0.2) is 9.13 Å². The van der Waals surface area contributed by atoms with Crippen molar-refractivity contribution in [3.63, 3.8) is 0 Å². The maximum absolute atomic E-state index is 6.96. The van der Waals surface area contributed by atoms with Crippen LogP contribution in [0, 0.1) is 0 Å². The van der Waals surface area contributed by atoms with Crippen molar-refractivity contribution in [3.05, 3.63) is 170 Å². The molecule has 50 heavy (non-hydrogen) atoms. The molecule has 4 heterocycles. The molecule has 11 rings (SSSR count). The van der Waals surface area contributed by atoms with E-state index in [0.717, 1.165) is 49.8 Å². The number of nitrogens with zero attached hydrogens (tertiary/aromatic N) is 2. The third-order valence-electron chi connectivity index (χ3n) is 10.1. The monoisotopic (exact) mass is 656 g/mol. The van der Waals surface area contributed by atoms with Crippen molar-refractivity contribution in [1.29, 1.82) is 0 Å². The summed E-state index contributed by atoms with van der Waals surface area (Å²) in [5.41, 5.74) is 13.5. The molecule has 11 aromatic rings. The Morgan fingerprint density at radius 3 is 1.56 bits per heavy atom. The lowest BCUT2D eigenvalue weighted by Gasteiger charge is -2.13. The van der Waals surface area contributed by atoms with Crippen LogP contribution in [0.3, 0.4) is 0 Å². The zero-order valence-electron chi connectivity index (χ0n) is 26.9. The van der Waals surface area contributed by atoms with Crippen molar-refractivity contribution >= 4 is 75.5 Å². The number of fused-ring (bicyclic) bond motifs is 10. The summed E-state index contributed by atoms with van der Waals surface area (Å²) >= 11 is 1.89. The maximum Gasteiger partial charge on any atom is 0.161 e. The van der Waals surface area contributed by atoms with E-state index in [0.29, 0.717) is 0 Å². The van der Waals surface area contributed by atoms with Crippen LogP contribution in [0.4, 0.5) is 0 Å². The summed E-state index contributed by atoms with van der Waals surface area (Å²) in [4.78, 5) is 0. The first-order chi connectivity index (χ1) is 24.8. The van der Waals surface area contributed by atoms with Gasteiger partial charge in [-0.2, -0.15) is 0 Å². The fraction of sp³-hybridized carbons (Fsp3) is 0. The molecule has 4 aromatic heterocycles. The lowest BCUT2D eigenvalue weighted by molar-refractivity contribution is 0.674. The molecule has 0 atom stereocenters. The van der Waals surface area contributed by atoms with Crippen LogP contribution in [-0.2, 0) is 0 Å². The first kappa shape index (κ1) is 27.6. The highest BCUT2D eigenvalue weighted by Gasteiger charge is 2.24. The highest BCUT2D eigenvalue weighted by molar-refractivity contribution is 7.27. The molecule has 0 fully saturated rings. The fourth-order valence-electron chi connectivity index (χ4n) is 8.05. The number of thiophene rings is 1. The van der Waals surface area contributed by atoms with Gasteiger partial charge in [0.2, 0.25) is 0 Å². The lowest BCUT2D eigenvalue weighted by Crippen LogP contribution is -1.93. The molecule has 3 nitrogen and oxygen atoms in total. The van der Waals surface area contributed by atoms with Crippen molar-refractivity contribution in [1.82, 2.24) is 9.13 Å². The van der Waals surface area contributed by atoms with E-state index >= 15 is 0 Å². The zero-order chi connectivity index (χ0) is 32.8. The summed E-state index contributed by atoms with van der Waals surface area (Å²) in [6.45, 7) is 0. The van der Waals surface area contributed by atoms with Crippen molar-refractivity contribution in [2.45, 2.75) is 0 Å². The van der Waals surface area contributed by atoms with E-state index in [4.69, 9.17) is 4.42 Å². The third-order valence-corrected chi connectivity index (χ3v) is 11.4. The van der Waals surface area contributed by atoms with Gasteiger partial charge in [0.25, 0.3) is 0 Å². The molecule has 0 aliphatic carbocycles. The highest BCUT2D eigenvalue weighted by atomic mass is 32.1. The van der Waals surface area contributed by atoms with Crippen LogP contribution >= 0.6 is 11.3 Å². The Morgan fingerprint density at radius 1 is 0.340 bits per heavy atom. The molecular weight excluding hydrogens is 629 g/mol. The molecule has 0 unspecified atom stereocenters. The molecule has 234 valence electrons. The average molecular weight is 657 g/mol. The molecule has 0 saturated heterocycles. The minimum absolute atomic E-state index is 0.908. The second-order valence-electron chi connectivity index (χ2n) is 12.8. The molecule has 0 amide bonds. The number of benzene rings is 7. The molecular formula is C46H28N2OS. The Bertz CT molecular complexity index is 2880. The van der Waals surface area contributed by atoms with Gasteiger partial charge in [0.15, 0.2) is 5.58 Å². The van der Waals surface area contributed by atoms with E-state index < -0.39 is 0 Å². The van der Waals surface area contributed by atoms with E-state index in [1.807, 2.05) is 11.3 Å². The highest BCUT2D eigenvalue weighted by Crippen LogP contribution is 2.48. The number of rotatable bonds is 4. The standard InChI is InChI=1S/C46H28N2OS/c1-3-15-29(16-4-1)47-39-27-11-9-21-35(39)44-41(47)37-25-13-23-33(43(37)49-44)31-19-7-8-20-32(31)34-24-14-26-38-42-46(50-45(34)38)36-22-10-12-28-40(36)48(42)30-17-5-2-6-18-30/h1-28H. The summed E-state index contributed by atoms with van der Waals surface area (Å²) in [5.74, 6) is 0. The Morgan fingerprint density at radius 2 is 0.840 bits per heavy atom. The summed E-state index contributed by atoms with van der Waals surface area (Å²) in [6.07, 6.45) is 0. The lowest BCUT2D eigenvalue weighted by atomic mass is 9.93. The van der Waals surface area contributed by atoms with Crippen LogP contribution < -0.4 is 0 Å². The molecule has 0 spiro atoms. The van der Waals surface area contributed by atoms with Gasteiger partial charge >= 0.3 is 0 Å². The van der Waals surface area contributed by atoms with Gasteiger partial charge in [0, 0.05) is 48.7 Å². The van der Waals surface area contributed by atoms with Crippen LogP contribution in [0.15, 0.2) is 174 Å². The molecule has 0 N–H and O–H groups in total. The summed E-state index contributed by atoms with van der Waals surface area (Å²) in [5, 5.41) is 4.77. The van der Waals surface area contributed by atoms with Gasteiger partial charge in [-0.15, -0.1) is 11.3 Å². The van der Waals surface area contributed by atoms with Crippen LogP contribution in [0.1, 0.15) is 0 Å². The first-order valence-electron chi connectivity index (χ1n) is 16.9. The SMILES string of the molecule is c1ccc(-n2c3ccccc3c3oc4c(-c5ccccc5-c5cccc6c5sc5c7ccccc7n(-c7ccccc7)c65)cccc4c32)cc1. The summed E-state index contributed by atoms with van der Waals surface area (Å²) in [6, 6.07) is 60.8. The van der Waals surface area contributed by atoms with E-state index in [1.165, 1.54) is 48.0 Å². The van der Waals surface area contributed by atoms with E-state index in [2.05, 4.69) is 179 Å². The van der Waals surface area contributed by atoms with Gasteiger partial charge < -0.3 is 13.6 Å². The minimum atomic E-state index is 0.908. The molecule has 4 heteroatoms. The van der Waals surface area contributed by atoms with Crippen molar-refractivity contribution in [3.8, 4) is 33.6 Å². The number of para-hydroxylation sites is 5. The van der Waals surface area contributed by atoms with Gasteiger partial charge in [-0.3, -0.25) is 0 Å². The maximum atomic E-state index is 6.96. The second kappa shape index (κ2) is 10.6. The predicted octanol–water partition coefficient (Wildman–Crippen LogP) is 13.2. The first-order valence-corrected chi connectivity index (χ1v) is 17.8. The topological polar surface area (TPSA) is 23.0 Å². The molecule has 0 radical (unpaired) electrons. The quantitative estimate of drug-likeness (QED) is 0.185. The number of aromatic nitrogens is 2. The number of hydrogen-bond donors (Lipinski definition) is 0. The van der Waals surface area contributed by atoms with Gasteiger partial charge in [-0.25, -0.2) is 0 Å². The largest absolute Gasteiger partial charge is 0.453 e. The minimum Gasteiger partial charge on any atom is -0.453 e. The summed E-state index contributed by atoms with van der Waals surface area (Å²) in [7, 11) is 0. The zero-order valence-corrected chi connectivity index (χ0v) is 27.7. The Kier molecular flexibility index (Phi) is 5.83. The van der Waals surface area contributed by atoms with Gasteiger partial charge in [0.1, 0.15) is 11.1 Å². The van der Waals surface area contributed by atoms with E-state index in [1.54, 1.807) is 0 Å². The smallest absolute Gasteiger partial charge is 0.161 e. The van der Waals surface area contributed by atoms with E-state index in [-0.39, 0.29) is 0 Å². The molecule has 0 saturated carbocycles. The predicted molar refractivity (Wildman–Crippen MR) is 211 cm³/mol.